The van der Waals surface area contributed by atoms with Gasteiger partial charge in [-0.05, 0) is 75.8 Å². The highest BCUT2D eigenvalue weighted by Gasteiger charge is 2.14. The lowest BCUT2D eigenvalue weighted by Crippen LogP contribution is -2.27. The Labute approximate surface area is 195 Å². The minimum absolute atomic E-state index is 0.453. The van der Waals surface area contributed by atoms with Crippen LogP contribution in [0.1, 0.15) is 53.7 Å². The van der Waals surface area contributed by atoms with Crippen LogP contribution in [0.3, 0.4) is 0 Å². The first-order chi connectivity index (χ1) is 15.0. The van der Waals surface area contributed by atoms with Gasteiger partial charge in [0.25, 0.3) is 0 Å². The first-order valence-electron chi connectivity index (χ1n) is 10.9. The zero-order valence-corrected chi connectivity index (χ0v) is 21.0. The summed E-state index contributed by atoms with van der Waals surface area (Å²) < 4.78 is 11.8. The Morgan fingerprint density at radius 1 is 1.16 bits per heavy atom. The van der Waals surface area contributed by atoms with Crippen LogP contribution in [0.5, 0.6) is 5.75 Å². The van der Waals surface area contributed by atoms with Crippen molar-refractivity contribution in [3.05, 3.63) is 41.7 Å². The van der Waals surface area contributed by atoms with E-state index in [4.69, 9.17) is 10.5 Å². The maximum Gasteiger partial charge on any atom is 0.405 e. The zero-order valence-electron chi connectivity index (χ0n) is 20.1. The summed E-state index contributed by atoms with van der Waals surface area (Å²) in [6, 6.07) is 8.35. The van der Waals surface area contributed by atoms with Crippen molar-refractivity contribution < 1.29 is 14.3 Å². The molecule has 0 aliphatic heterocycles. The predicted molar refractivity (Wildman–Crippen MR) is 132 cm³/mol. The number of thiazole rings is 1. The summed E-state index contributed by atoms with van der Waals surface area (Å²) in [5.74, 6) is 2.12. The van der Waals surface area contributed by atoms with Crippen molar-refractivity contribution in [1.29, 1.82) is 0 Å². The zero-order chi connectivity index (χ0) is 23.9. The third-order valence-corrected chi connectivity index (χ3v) is 5.32. The molecule has 2 heterocycles. The molecule has 2 aromatic heterocycles. The molecule has 1 atom stereocenters. The van der Waals surface area contributed by atoms with Gasteiger partial charge in [-0.3, -0.25) is 4.98 Å². The van der Waals surface area contributed by atoms with E-state index >= 15 is 0 Å². The number of aromatic nitrogens is 2. The summed E-state index contributed by atoms with van der Waals surface area (Å²) in [4.78, 5) is 18.8. The number of hydrogen-bond donors (Lipinski definition) is 1. The lowest BCUT2D eigenvalue weighted by atomic mass is 10.00. The first-order valence-corrected chi connectivity index (χ1v) is 11.7. The number of rotatable bonds is 6. The lowest BCUT2D eigenvalue weighted by Gasteiger charge is -2.16. The van der Waals surface area contributed by atoms with Gasteiger partial charge in [0.2, 0.25) is 0 Å². The number of aryl methyl sites for hydroxylation is 1. The molecule has 0 aliphatic carbocycles. The molecule has 0 bridgehead atoms. The minimum atomic E-state index is -0.725. The summed E-state index contributed by atoms with van der Waals surface area (Å²) in [5, 5.41) is 0. The van der Waals surface area contributed by atoms with E-state index < -0.39 is 11.7 Å². The highest BCUT2D eigenvalue weighted by atomic mass is 32.1. The van der Waals surface area contributed by atoms with Gasteiger partial charge in [-0.2, -0.15) is 0 Å². The molecule has 0 saturated heterocycles. The maximum absolute atomic E-state index is 10.0. The maximum atomic E-state index is 10.0. The number of ether oxygens (including phenoxy) is 2. The van der Waals surface area contributed by atoms with E-state index in [-0.39, 0.29) is 0 Å². The van der Waals surface area contributed by atoms with Crippen LogP contribution in [0.15, 0.2) is 36.0 Å². The second-order valence-corrected chi connectivity index (χ2v) is 10.3. The van der Waals surface area contributed by atoms with Gasteiger partial charge in [-0.15, -0.1) is 11.3 Å². The Hall–Kier alpha value is -2.67. The van der Waals surface area contributed by atoms with E-state index in [9.17, 15) is 4.79 Å². The van der Waals surface area contributed by atoms with Crippen molar-refractivity contribution in [2.45, 2.75) is 60.5 Å². The fraction of sp³-hybridized carbons (Fsp3) is 0.480. The highest BCUT2D eigenvalue weighted by Crippen LogP contribution is 2.36. The number of carbonyl (C=O) groups excluding carboxylic acids is 1. The molecule has 174 valence electrons. The number of primary amides is 1. The molecule has 3 rings (SSSR count). The van der Waals surface area contributed by atoms with Crippen molar-refractivity contribution in [2.24, 2.45) is 17.6 Å². The average molecular weight is 458 g/mol. The summed E-state index contributed by atoms with van der Waals surface area (Å²) >= 11 is 1.66. The van der Waals surface area contributed by atoms with Crippen molar-refractivity contribution in [1.82, 2.24) is 9.97 Å². The number of hydrogen-bond acceptors (Lipinski definition) is 6. The Bertz CT molecular complexity index is 1020. The first kappa shape index (κ1) is 25.6. The topological polar surface area (TPSA) is 87.3 Å². The second kappa shape index (κ2) is 11.3. The lowest BCUT2D eigenvalue weighted by molar-refractivity contribution is 0.0600. The van der Waals surface area contributed by atoms with Crippen LogP contribution in [0.4, 0.5) is 4.79 Å². The Kier molecular flexibility index (Phi) is 9.01. The number of nitrogens with two attached hydrogens (primary N) is 1. The van der Waals surface area contributed by atoms with Crippen LogP contribution in [0.25, 0.3) is 21.3 Å². The van der Waals surface area contributed by atoms with Gasteiger partial charge in [0.15, 0.2) is 0 Å². The van der Waals surface area contributed by atoms with Gasteiger partial charge in [0.05, 0.1) is 16.8 Å². The largest absolute Gasteiger partial charge is 0.491 e. The summed E-state index contributed by atoms with van der Waals surface area (Å²) in [6.07, 6.45) is 2.31. The molecule has 0 saturated carbocycles. The van der Waals surface area contributed by atoms with Crippen LogP contribution in [-0.2, 0) is 4.74 Å². The number of carbonyl (C=O) groups is 1. The summed E-state index contributed by atoms with van der Waals surface area (Å²) in [7, 11) is 0. The highest BCUT2D eigenvalue weighted by molar-refractivity contribution is 7.17. The number of fused-ring (bicyclic) bond motifs is 1. The van der Waals surface area contributed by atoms with Gasteiger partial charge >= 0.3 is 6.09 Å². The van der Waals surface area contributed by atoms with Crippen molar-refractivity contribution in [3.63, 3.8) is 0 Å². The van der Waals surface area contributed by atoms with Gasteiger partial charge < -0.3 is 15.2 Å². The number of pyridine rings is 1. The van der Waals surface area contributed by atoms with Gasteiger partial charge in [-0.25, -0.2) is 9.78 Å². The molecule has 0 radical (unpaired) electrons. The number of nitrogens with zero attached hydrogens (tertiary/aromatic N) is 2. The molecule has 7 heteroatoms. The molecule has 1 aromatic carbocycles. The van der Waals surface area contributed by atoms with Crippen LogP contribution < -0.4 is 10.5 Å². The van der Waals surface area contributed by atoms with Crippen LogP contribution >= 0.6 is 11.3 Å². The molecule has 2 N–H and O–H groups in total. The van der Waals surface area contributed by atoms with E-state index in [1.165, 1.54) is 22.2 Å². The standard InChI is InChI=1S/C20H24N2OS.C5H11NO2/c1-13(2)9-14(3)11-23-18-6-5-17(20-19(18)22-12-24-20)16-7-8-21-15(4)10-16;1-5(2,3)8-4(6)7/h5-8,10,12-14H,9,11H2,1-4H3;1-3H3,(H2,6,7). The normalized spacial score (nSPS) is 12.2. The third-order valence-electron chi connectivity index (χ3n) is 4.46. The minimum Gasteiger partial charge on any atom is -0.491 e. The van der Waals surface area contributed by atoms with Crippen molar-refractivity contribution in [3.8, 4) is 16.9 Å². The van der Waals surface area contributed by atoms with Gasteiger partial charge in [0.1, 0.15) is 16.9 Å². The summed E-state index contributed by atoms with van der Waals surface area (Å²) in [6.45, 7) is 14.8. The van der Waals surface area contributed by atoms with Crippen LogP contribution in [-0.4, -0.2) is 28.3 Å². The fourth-order valence-corrected chi connectivity index (χ4v) is 4.23. The van der Waals surface area contributed by atoms with E-state index in [0.29, 0.717) is 11.8 Å². The molecular weight excluding hydrogens is 422 g/mol. The Morgan fingerprint density at radius 2 is 1.88 bits per heavy atom. The Morgan fingerprint density at radius 3 is 2.44 bits per heavy atom. The molecule has 1 unspecified atom stereocenters. The van der Waals surface area contributed by atoms with Crippen LogP contribution in [0, 0.1) is 18.8 Å². The van der Waals surface area contributed by atoms with Gasteiger partial charge in [0, 0.05) is 17.5 Å². The predicted octanol–water partition coefficient (Wildman–Crippen LogP) is 6.61. The van der Waals surface area contributed by atoms with E-state index in [1.807, 2.05) is 24.7 Å². The quantitative estimate of drug-likeness (QED) is 0.450. The van der Waals surface area contributed by atoms with Crippen LogP contribution in [0.2, 0.25) is 0 Å². The molecule has 1 amide bonds. The smallest absolute Gasteiger partial charge is 0.405 e. The molecule has 0 aliphatic rings. The second-order valence-electron chi connectivity index (χ2n) is 9.41. The monoisotopic (exact) mass is 457 g/mol. The van der Waals surface area contributed by atoms with E-state index in [2.05, 4.69) is 53.7 Å². The fourth-order valence-electron chi connectivity index (χ4n) is 3.39. The average Bonchev–Trinajstić information content (AvgIpc) is 3.14. The molecule has 32 heavy (non-hydrogen) atoms. The SMILES string of the molecule is CC(C)(C)OC(N)=O.Cc1cc(-c2ccc(OCC(C)CC(C)C)c3ncsc23)ccn1. The molecule has 0 spiro atoms. The molecule has 6 nitrogen and oxygen atoms in total. The number of amides is 1. The third kappa shape index (κ3) is 8.11. The molecule has 3 aromatic rings. The molecular formula is C25H35N3O3S. The Balaban J connectivity index is 0.000000390. The molecule has 0 fully saturated rings. The summed E-state index contributed by atoms with van der Waals surface area (Å²) in [5.41, 5.74) is 10.5. The van der Waals surface area contributed by atoms with Crippen molar-refractivity contribution in [2.75, 3.05) is 6.61 Å². The van der Waals surface area contributed by atoms with E-state index in [0.717, 1.165) is 23.6 Å². The van der Waals surface area contributed by atoms with Gasteiger partial charge in [-0.1, -0.05) is 20.8 Å². The van der Waals surface area contributed by atoms with E-state index in [1.54, 1.807) is 32.1 Å². The van der Waals surface area contributed by atoms with Crippen molar-refractivity contribution >= 4 is 27.6 Å². The number of benzene rings is 1.